The molecular formula is C12H24N2O2. The van der Waals surface area contributed by atoms with Crippen molar-refractivity contribution in [3.05, 3.63) is 0 Å². The van der Waals surface area contributed by atoms with Gasteiger partial charge in [0.1, 0.15) is 0 Å². The second-order valence-electron chi connectivity index (χ2n) is 4.71. The van der Waals surface area contributed by atoms with Crippen LogP contribution in [0.15, 0.2) is 0 Å². The highest BCUT2D eigenvalue weighted by atomic mass is 16.5. The number of likely N-dealkylation sites (N-methyl/N-ethyl adjacent to an activating group) is 1. The Labute approximate surface area is 98.3 Å². The van der Waals surface area contributed by atoms with E-state index >= 15 is 0 Å². The summed E-state index contributed by atoms with van der Waals surface area (Å²) in [6, 6.07) is 0.683. The Kier molecular flexibility index (Phi) is 5.77. The molecule has 0 aromatic heterocycles. The molecule has 0 atom stereocenters. The second-order valence-corrected chi connectivity index (χ2v) is 4.71. The van der Waals surface area contributed by atoms with Crippen LogP contribution in [-0.4, -0.2) is 49.7 Å². The van der Waals surface area contributed by atoms with Gasteiger partial charge in [0, 0.05) is 32.6 Å². The average Bonchev–Trinajstić information content (AvgIpc) is 3.00. The summed E-state index contributed by atoms with van der Waals surface area (Å²) in [5.74, 6) is 0.195. The van der Waals surface area contributed by atoms with Crippen molar-refractivity contribution >= 4 is 5.91 Å². The topological polar surface area (TPSA) is 41.6 Å². The zero-order chi connectivity index (χ0) is 12.0. The molecule has 1 amide bonds. The quantitative estimate of drug-likeness (QED) is 0.674. The molecule has 4 nitrogen and oxygen atoms in total. The Bertz CT molecular complexity index is 215. The van der Waals surface area contributed by atoms with Crippen LogP contribution in [0.25, 0.3) is 0 Å². The van der Waals surface area contributed by atoms with Crippen molar-refractivity contribution in [1.82, 2.24) is 10.2 Å². The molecule has 0 aromatic rings. The van der Waals surface area contributed by atoms with Crippen molar-refractivity contribution in [2.24, 2.45) is 0 Å². The standard InChI is InChI=1S/C12H24N2O2/c1-10(2)16-9-8-14(3)12(15)6-7-13-11-4-5-11/h10-11,13H,4-9H2,1-3H3. The first-order chi connectivity index (χ1) is 7.59. The number of carbonyl (C=O) groups is 1. The number of amides is 1. The molecule has 1 fully saturated rings. The van der Waals surface area contributed by atoms with E-state index in [2.05, 4.69) is 5.32 Å². The molecule has 0 saturated heterocycles. The van der Waals surface area contributed by atoms with E-state index in [1.807, 2.05) is 20.9 Å². The largest absolute Gasteiger partial charge is 0.377 e. The number of ether oxygens (including phenoxy) is 1. The molecular weight excluding hydrogens is 204 g/mol. The highest BCUT2D eigenvalue weighted by molar-refractivity contribution is 5.76. The molecule has 1 aliphatic rings. The first-order valence-electron chi connectivity index (χ1n) is 6.18. The van der Waals surface area contributed by atoms with Crippen LogP contribution in [0.4, 0.5) is 0 Å². The zero-order valence-electron chi connectivity index (χ0n) is 10.7. The molecule has 0 bridgehead atoms. The zero-order valence-corrected chi connectivity index (χ0v) is 10.7. The third-order valence-electron chi connectivity index (χ3n) is 2.65. The number of hydrogen-bond donors (Lipinski definition) is 1. The summed E-state index contributed by atoms with van der Waals surface area (Å²) in [5.41, 5.74) is 0. The van der Waals surface area contributed by atoms with Crippen LogP contribution in [0.3, 0.4) is 0 Å². The maximum Gasteiger partial charge on any atom is 0.223 e. The van der Waals surface area contributed by atoms with Crippen molar-refractivity contribution < 1.29 is 9.53 Å². The predicted octanol–water partition coefficient (Wildman–Crippen LogP) is 1.01. The fourth-order valence-electron chi connectivity index (χ4n) is 1.41. The Hall–Kier alpha value is -0.610. The Morgan fingerprint density at radius 2 is 2.19 bits per heavy atom. The lowest BCUT2D eigenvalue weighted by Crippen LogP contribution is -2.33. The number of nitrogens with zero attached hydrogens (tertiary/aromatic N) is 1. The Balaban J connectivity index is 1.99. The minimum Gasteiger partial charge on any atom is -0.377 e. The number of hydrogen-bond acceptors (Lipinski definition) is 3. The lowest BCUT2D eigenvalue weighted by atomic mass is 10.3. The van der Waals surface area contributed by atoms with Crippen LogP contribution in [0.2, 0.25) is 0 Å². The minimum atomic E-state index is 0.195. The summed E-state index contributed by atoms with van der Waals surface area (Å²) in [7, 11) is 1.84. The molecule has 0 aliphatic heterocycles. The van der Waals surface area contributed by atoms with E-state index in [4.69, 9.17) is 4.74 Å². The molecule has 1 rings (SSSR count). The summed E-state index contributed by atoms with van der Waals surface area (Å²) in [6.07, 6.45) is 3.37. The van der Waals surface area contributed by atoms with Gasteiger partial charge in [-0.1, -0.05) is 0 Å². The van der Waals surface area contributed by atoms with Crippen molar-refractivity contribution in [3.8, 4) is 0 Å². The third kappa shape index (κ3) is 6.08. The highest BCUT2D eigenvalue weighted by Crippen LogP contribution is 2.18. The van der Waals surface area contributed by atoms with Crippen LogP contribution in [0, 0.1) is 0 Å². The Morgan fingerprint density at radius 3 is 2.75 bits per heavy atom. The van der Waals surface area contributed by atoms with Crippen LogP contribution in [-0.2, 0) is 9.53 Å². The van der Waals surface area contributed by atoms with E-state index in [0.717, 1.165) is 6.54 Å². The summed E-state index contributed by atoms with van der Waals surface area (Å²) in [5, 5.41) is 3.34. The first-order valence-corrected chi connectivity index (χ1v) is 6.18. The van der Waals surface area contributed by atoms with Gasteiger partial charge in [0.15, 0.2) is 0 Å². The van der Waals surface area contributed by atoms with Crippen LogP contribution in [0.1, 0.15) is 33.1 Å². The van der Waals surface area contributed by atoms with Crippen molar-refractivity contribution in [2.75, 3.05) is 26.7 Å². The first kappa shape index (κ1) is 13.5. The molecule has 0 aromatic carbocycles. The number of carbonyl (C=O) groups excluding carboxylic acids is 1. The molecule has 0 heterocycles. The lowest BCUT2D eigenvalue weighted by Gasteiger charge is -2.18. The van der Waals surface area contributed by atoms with Gasteiger partial charge in [-0.05, 0) is 26.7 Å². The molecule has 0 spiro atoms. The van der Waals surface area contributed by atoms with Gasteiger partial charge in [0.2, 0.25) is 5.91 Å². The van der Waals surface area contributed by atoms with E-state index < -0.39 is 0 Å². The van der Waals surface area contributed by atoms with Gasteiger partial charge in [-0.15, -0.1) is 0 Å². The van der Waals surface area contributed by atoms with Crippen LogP contribution in [0.5, 0.6) is 0 Å². The number of nitrogens with one attached hydrogen (secondary N) is 1. The van der Waals surface area contributed by atoms with E-state index in [-0.39, 0.29) is 12.0 Å². The highest BCUT2D eigenvalue weighted by Gasteiger charge is 2.20. The molecule has 94 valence electrons. The SMILES string of the molecule is CC(C)OCCN(C)C(=O)CCNC1CC1. The fraction of sp³-hybridized carbons (Fsp3) is 0.917. The van der Waals surface area contributed by atoms with Gasteiger partial charge in [0.25, 0.3) is 0 Å². The molecule has 1 N–H and O–H groups in total. The predicted molar refractivity (Wildman–Crippen MR) is 64.4 cm³/mol. The smallest absolute Gasteiger partial charge is 0.223 e. The third-order valence-corrected chi connectivity index (χ3v) is 2.65. The molecule has 16 heavy (non-hydrogen) atoms. The van der Waals surface area contributed by atoms with Gasteiger partial charge in [-0.3, -0.25) is 4.79 Å². The maximum atomic E-state index is 11.7. The van der Waals surface area contributed by atoms with Gasteiger partial charge in [0.05, 0.1) is 12.7 Å². The average molecular weight is 228 g/mol. The molecule has 1 saturated carbocycles. The number of rotatable bonds is 8. The molecule has 4 heteroatoms. The molecule has 0 radical (unpaired) electrons. The Morgan fingerprint density at radius 1 is 1.50 bits per heavy atom. The summed E-state index contributed by atoms with van der Waals surface area (Å²) < 4.78 is 5.41. The van der Waals surface area contributed by atoms with Gasteiger partial charge in [-0.2, -0.15) is 0 Å². The molecule has 0 unspecified atom stereocenters. The minimum absolute atomic E-state index is 0.195. The normalized spacial score (nSPS) is 15.5. The van der Waals surface area contributed by atoms with Gasteiger partial charge < -0.3 is 15.0 Å². The molecule has 1 aliphatic carbocycles. The van der Waals surface area contributed by atoms with E-state index in [0.29, 0.717) is 25.6 Å². The summed E-state index contributed by atoms with van der Waals surface area (Å²) >= 11 is 0. The second kappa shape index (κ2) is 6.86. The summed E-state index contributed by atoms with van der Waals surface area (Å²) in [4.78, 5) is 13.4. The van der Waals surface area contributed by atoms with Crippen molar-refractivity contribution in [2.45, 2.75) is 45.3 Å². The van der Waals surface area contributed by atoms with E-state index in [1.54, 1.807) is 4.90 Å². The lowest BCUT2D eigenvalue weighted by molar-refractivity contribution is -0.130. The monoisotopic (exact) mass is 228 g/mol. The van der Waals surface area contributed by atoms with E-state index in [1.165, 1.54) is 12.8 Å². The van der Waals surface area contributed by atoms with Crippen LogP contribution < -0.4 is 5.32 Å². The van der Waals surface area contributed by atoms with Crippen molar-refractivity contribution in [3.63, 3.8) is 0 Å². The van der Waals surface area contributed by atoms with Crippen molar-refractivity contribution in [1.29, 1.82) is 0 Å². The van der Waals surface area contributed by atoms with Gasteiger partial charge in [-0.25, -0.2) is 0 Å². The summed E-state index contributed by atoms with van der Waals surface area (Å²) in [6.45, 7) is 6.11. The fourth-order valence-corrected chi connectivity index (χ4v) is 1.41. The maximum absolute atomic E-state index is 11.7. The van der Waals surface area contributed by atoms with E-state index in [9.17, 15) is 4.79 Å². The van der Waals surface area contributed by atoms with Crippen LogP contribution >= 0.6 is 0 Å². The van der Waals surface area contributed by atoms with Gasteiger partial charge >= 0.3 is 0 Å².